The van der Waals surface area contributed by atoms with Gasteiger partial charge in [0.2, 0.25) is 5.82 Å². The molecule has 0 saturated carbocycles. The van der Waals surface area contributed by atoms with E-state index in [1.54, 1.807) is 12.1 Å². The van der Waals surface area contributed by atoms with E-state index in [1.165, 1.54) is 6.07 Å². The molecule has 21 heavy (non-hydrogen) atoms. The Morgan fingerprint density at radius 3 is 2.05 bits per heavy atom. The summed E-state index contributed by atoms with van der Waals surface area (Å²) in [5.74, 6) is -10.5. The van der Waals surface area contributed by atoms with Crippen LogP contribution in [0.4, 0.5) is 22.0 Å². The second kappa shape index (κ2) is 4.80. The van der Waals surface area contributed by atoms with Crippen molar-refractivity contribution in [2.75, 3.05) is 0 Å². The normalized spacial score (nSPS) is 11.3. The summed E-state index contributed by atoms with van der Waals surface area (Å²) in [6.07, 6.45) is 0. The molecule has 0 atom stereocenters. The van der Waals surface area contributed by atoms with Gasteiger partial charge < -0.3 is 4.98 Å². The average molecular weight is 363 g/mol. The lowest BCUT2D eigenvalue weighted by molar-refractivity contribution is 0.381. The molecule has 8 heteroatoms. The van der Waals surface area contributed by atoms with Crippen molar-refractivity contribution in [3.05, 3.63) is 51.8 Å². The third-order valence-corrected chi connectivity index (χ3v) is 3.38. The average Bonchev–Trinajstić information content (AvgIpc) is 2.85. The highest BCUT2D eigenvalue weighted by molar-refractivity contribution is 9.10. The first kappa shape index (κ1) is 14.0. The van der Waals surface area contributed by atoms with Gasteiger partial charge >= 0.3 is 0 Å². The predicted octanol–water partition coefficient (Wildman–Crippen LogP) is 4.69. The van der Waals surface area contributed by atoms with Crippen LogP contribution in [0, 0.1) is 29.1 Å². The Morgan fingerprint density at radius 1 is 0.857 bits per heavy atom. The van der Waals surface area contributed by atoms with Gasteiger partial charge in [-0.15, -0.1) is 0 Å². The number of halogens is 6. The SMILES string of the molecule is Fc1c(F)c(F)c(-c2nc3ccc(Br)cc3[nH]2)c(F)c1F. The standard InChI is InChI=1S/C13H4BrF5N2/c14-4-1-2-5-6(3-4)21-13(20-5)7-8(15)10(17)12(19)11(18)9(7)16/h1-3H,(H,20,21). The first-order valence-corrected chi connectivity index (χ1v) is 6.36. The highest BCUT2D eigenvalue weighted by Crippen LogP contribution is 2.31. The van der Waals surface area contributed by atoms with E-state index in [4.69, 9.17) is 0 Å². The van der Waals surface area contributed by atoms with Crippen molar-refractivity contribution in [3.8, 4) is 11.4 Å². The number of aromatic amines is 1. The number of imidazole rings is 1. The summed E-state index contributed by atoms with van der Waals surface area (Å²) in [6, 6.07) is 4.73. The van der Waals surface area contributed by atoms with Crippen molar-refractivity contribution < 1.29 is 22.0 Å². The highest BCUT2D eigenvalue weighted by atomic mass is 79.9. The van der Waals surface area contributed by atoms with E-state index in [0.717, 1.165) is 0 Å². The predicted molar refractivity (Wildman–Crippen MR) is 69.0 cm³/mol. The second-order valence-electron chi connectivity index (χ2n) is 4.19. The molecule has 108 valence electrons. The van der Waals surface area contributed by atoms with Gasteiger partial charge in [-0.25, -0.2) is 26.9 Å². The molecule has 1 aromatic heterocycles. The molecule has 0 aliphatic heterocycles. The van der Waals surface area contributed by atoms with E-state index in [9.17, 15) is 22.0 Å². The fourth-order valence-electron chi connectivity index (χ4n) is 1.91. The number of hydrogen-bond donors (Lipinski definition) is 1. The van der Waals surface area contributed by atoms with Crippen molar-refractivity contribution in [1.82, 2.24) is 9.97 Å². The van der Waals surface area contributed by atoms with Crippen LogP contribution in [-0.4, -0.2) is 9.97 Å². The monoisotopic (exact) mass is 362 g/mol. The molecular weight excluding hydrogens is 359 g/mol. The summed E-state index contributed by atoms with van der Waals surface area (Å²) in [6.45, 7) is 0. The first-order chi connectivity index (χ1) is 9.90. The zero-order valence-electron chi connectivity index (χ0n) is 9.95. The van der Waals surface area contributed by atoms with Crippen LogP contribution in [0.2, 0.25) is 0 Å². The van der Waals surface area contributed by atoms with Gasteiger partial charge in [-0.05, 0) is 18.2 Å². The minimum absolute atomic E-state index is 0.331. The molecule has 3 rings (SSSR count). The van der Waals surface area contributed by atoms with Crippen LogP contribution < -0.4 is 0 Å². The van der Waals surface area contributed by atoms with Crippen molar-refractivity contribution in [2.24, 2.45) is 0 Å². The van der Waals surface area contributed by atoms with Crippen LogP contribution in [0.25, 0.3) is 22.4 Å². The third-order valence-electron chi connectivity index (χ3n) is 2.89. The molecule has 2 nitrogen and oxygen atoms in total. The molecule has 3 aromatic rings. The summed E-state index contributed by atoms with van der Waals surface area (Å²) in [7, 11) is 0. The molecule has 0 bridgehead atoms. The minimum atomic E-state index is -2.20. The molecular formula is C13H4BrF5N2. The highest BCUT2D eigenvalue weighted by Gasteiger charge is 2.28. The Balaban J connectivity index is 2.32. The Kier molecular flexibility index (Phi) is 3.20. The maximum Gasteiger partial charge on any atom is 0.200 e. The van der Waals surface area contributed by atoms with E-state index in [2.05, 4.69) is 25.9 Å². The molecule has 2 aromatic carbocycles. The molecule has 1 N–H and O–H groups in total. The molecule has 0 saturated heterocycles. The first-order valence-electron chi connectivity index (χ1n) is 5.57. The number of H-pyrrole nitrogens is 1. The Labute approximate surface area is 122 Å². The van der Waals surface area contributed by atoms with Crippen molar-refractivity contribution in [3.63, 3.8) is 0 Å². The maximum atomic E-state index is 13.7. The van der Waals surface area contributed by atoms with Gasteiger partial charge in [0.25, 0.3) is 0 Å². The molecule has 0 spiro atoms. The molecule has 0 aliphatic rings. The Bertz CT molecular complexity index is 846. The molecule has 0 amide bonds. The largest absolute Gasteiger partial charge is 0.338 e. The van der Waals surface area contributed by atoms with Gasteiger partial charge in [-0.1, -0.05) is 15.9 Å². The van der Waals surface area contributed by atoms with E-state index >= 15 is 0 Å². The number of aromatic nitrogens is 2. The zero-order valence-corrected chi connectivity index (χ0v) is 11.5. The van der Waals surface area contributed by atoms with Crippen LogP contribution >= 0.6 is 15.9 Å². The van der Waals surface area contributed by atoms with Gasteiger partial charge in [-0.2, -0.15) is 0 Å². The topological polar surface area (TPSA) is 28.7 Å². The number of nitrogens with one attached hydrogen (secondary N) is 1. The van der Waals surface area contributed by atoms with Crippen LogP contribution in [0.1, 0.15) is 0 Å². The Hall–Kier alpha value is -1.96. The molecule has 1 heterocycles. The van der Waals surface area contributed by atoms with Gasteiger partial charge in [0, 0.05) is 4.47 Å². The number of hydrogen-bond acceptors (Lipinski definition) is 1. The zero-order chi connectivity index (χ0) is 15.3. The van der Waals surface area contributed by atoms with Crippen molar-refractivity contribution >= 4 is 27.0 Å². The molecule has 0 aliphatic carbocycles. The summed E-state index contributed by atoms with van der Waals surface area (Å²) < 4.78 is 67.5. The van der Waals surface area contributed by atoms with E-state index in [0.29, 0.717) is 15.5 Å². The lowest BCUT2D eigenvalue weighted by atomic mass is 10.1. The third kappa shape index (κ3) is 2.10. The summed E-state index contributed by atoms with van der Waals surface area (Å²) in [4.78, 5) is 6.38. The van der Waals surface area contributed by atoms with E-state index < -0.39 is 40.5 Å². The van der Waals surface area contributed by atoms with Gasteiger partial charge in [0.1, 0.15) is 5.82 Å². The quantitative estimate of drug-likeness (QED) is 0.379. The molecule has 0 fully saturated rings. The fraction of sp³-hybridized carbons (Fsp3) is 0. The van der Waals surface area contributed by atoms with Crippen molar-refractivity contribution in [2.45, 2.75) is 0 Å². The number of rotatable bonds is 1. The minimum Gasteiger partial charge on any atom is -0.338 e. The Morgan fingerprint density at radius 2 is 1.43 bits per heavy atom. The lowest BCUT2D eigenvalue weighted by Crippen LogP contribution is -2.04. The number of nitrogens with zero attached hydrogens (tertiary/aromatic N) is 1. The second-order valence-corrected chi connectivity index (χ2v) is 5.11. The molecule has 0 radical (unpaired) electrons. The maximum absolute atomic E-state index is 13.7. The van der Waals surface area contributed by atoms with Crippen molar-refractivity contribution in [1.29, 1.82) is 0 Å². The van der Waals surface area contributed by atoms with Gasteiger partial charge in [0.15, 0.2) is 23.3 Å². The summed E-state index contributed by atoms with van der Waals surface area (Å²) in [5.41, 5.74) is -0.362. The number of fused-ring (bicyclic) bond motifs is 1. The number of benzene rings is 2. The lowest BCUT2D eigenvalue weighted by Gasteiger charge is -2.05. The summed E-state index contributed by atoms with van der Waals surface area (Å²) in [5, 5.41) is 0. The summed E-state index contributed by atoms with van der Waals surface area (Å²) >= 11 is 3.19. The molecule has 0 unspecified atom stereocenters. The van der Waals surface area contributed by atoms with Crippen LogP contribution in [0.15, 0.2) is 22.7 Å². The van der Waals surface area contributed by atoms with Crippen LogP contribution in [0.3, 0.4) is 0 Å². The van der Waals surface area contributed by atoms with Gasteiger partial charge in [-0.3, -0.25) is 0 Å². The van der Waals surface area contributed by atoms with E-state index in [1.807, 2.05) is 0 Å². The van der Waals surface area contributed by atoms with Crippen LogP contribution in [0.5, 0.6) is 0 Å². The fourth-order valence-corrected chi connectivity index (χ4v) is 2.27. The smallest absolute Gasteiger partial charge is 0.200 e. The van der Waals surface area contributed by atoms with Crippen LogP contribution in [-0.2, 0) is 0 Å². The van der Waals surface area contributed by atoms with Gasteiger partial charge in [0.05, 0.1) is 16.6 Å². The van der Waals surface area contributed by atoms with E-state index in [-0.39, 0.29) is 0 Å².